The third kappa shape index (κ3) is 3.32. The van der Waals surface area contributed by atoms with Crippen LogP contribution < -0.4 is 5.32 Å². The van der Waals surface area contributed by atoms with Gasteiger partial charge in [0.1, 0.15) is 5.82 Å². The summed E-state index contributed by atoms with van der Waals surface area (Å²) in [7, 11) is 0. The summed E-state index contributed by atoms with van der Waals surface area (Å²) >= 11 is 0. The Morgan fingerprint density at radius 1 is 1.21 bits per heavy atom. The molecule has 1 aromatic carbocycles. The first-order valence-corrected chi connectivity index (χ1v) is 8.40. The highest BCUT2D eigenvalue weighted by molar-refractivity contribution is 5.78. The first kappa shape index (κ1) is 16.6. The van der Waals surface area contributed by atoms with Crippen LogP contribution in [0.5, 0.6) is 0 Å². The van der Waals surface area contributed by atoms with Crippen molar-refractivity contribution in [2.75, 3.05) is 0 Å². The Labute approximate surface area is 142 Å². The van der Waals surface area contributed by atoms with E-state index in [1.807, 2.05) is 30.3 Å². The van der Waals surface area contributed by atoms with Crippen molar-refractivity contribution < 1.29 is 9.18 Å². The molecule has 3 nitrogen and oxygen atoms in total. The lowest BCUT2D eigenvalue weighted by Crippen LogP contribution is -2.50. The van der Waals surface area contributed by atoms with Crippen molar-refractivity contribution in [3.63, 3.8) is 0 Å². The Hall–Kier alpha value is -2.23. The van der Waals surface area contributed by atoms with E-state index in [0.717, 1.165) is 24.1 Å². The van der Waals surface area contributed by atoms with Gasteiger partial charge in [-0.2, -0.15) is 0 Å². The van der Waals surface area contributed by atoms with Gasteiger partial charge in [-0.05, 0) is 49.1 Å². The molecule has 1 saturated carbocycles. The van der Waals surface area contributed by atoms with E-state index >= 15 is 0 Å². The number of aryl methyl sites for hydroxylation is 1. The van der Waals surface area contributed by atoms with Crippen molar-refractivity contribution in [2.45, 2.75) is 50.5 Å². The van der Waals surface area contributed by atoms with Crippen LogP contribution in [0.25, 0.3) is 0 Å². The van der Waals surface area contributed by atoms with Crippen LogP contribution in [-0.2, 0) is 16.6 Å². The van der Waals surface area contributed by atoms with Gasteiger partial charge in [-0.1, -0.05) is 32.0 Å². The molecule has 4 heteroatoms. The number of hydrogen-bond donors (Lipinski definition) is 1. The molecule has 0 saturated heterocycles. The van der Waals surface area contributed by atoms with Gasteiger partial charge in [0.05, 0.1) is 0 Å². The maximum absolute atomic E-state index is 13.2. The van der Waals surface area contributed by atoms with Crippen LogP contribution in [0.4, 0.5) is 4.39 Å². The van der Waals surface area contributed by atoms with Crippen LogP contribution in [0.2, 0.25) is 0 Å². The molecule has 1 heterocycles. The number of halogens is 1. The highest BCUT2D eigenvalue weighted by atomic mass is 19.1. The number of amides is 1. The molecule has 1 N–H and O–H groups in total. The zero-order valence-corrected chi connectivity index (χ0v) is 14.2. The number of carbonyl (C=O) groups is 1. The van der Waals surface area contributed by atoms with Crippen molar-refractivity contribution in [3.05, 3.63) is 65.7 Å². The molecule has 24 heavy (non-hydrogen) atoms. The summed E-state index contributed by atoms with van der Waals surface area (Å²) < 4.78 is 13.2. The Balaban J connectivity index is 1.65. The molecule has 1 fully saturated rings. The standard InChI is InChI=1S/C20H23FN2O/c1-19(2,15-6-8-16(21)9-7-15)20(12-13-20)23-18(24)11-10-17-5-3-4-14-22-17/h3-9,14H,10-13H2,1-2H3,(H,23,24). The minimum absolute atomic E-state index is 0.0494. The first-order chi connectivity index (χ1) is 11.4. The predicted molar refractivity (Wildman–Crippen MR) is 92.1 cm³/mol. The summed E-state index contributed by atoms with van der Waals surface area (Å²) in [6.45, 7) is 4.23. The lowest BCUT2D eigenvalue weighted by molar-refractivity contribution is -0.122. The van der Waals surface area contributed by atoms with Gasteiger partial charge in [0.15, 0.2) is 0 Å². The number of aromatic nitrogens is 1. The van der Waals surface area contributed by atoms with Gasteiger partial charge in [-0.25, -0.2) is 4.39 Å². The van der Waals surface area contributed by atoms with Gasteiger partial charge in [0, 0.05) is 29.3 Å². The topological polar surface area (TPSA) is 42.0 Å². The van der Waals surface area contributed by atoms with Crippen molar-refractivity contribution in [1.82, 2.24) is 10.3 Å². The molecule has 3 rings (SSSR count). The Morgan fingerprint density at radius 3 is 2.50 bits per heavy atom. The molecule has 126 valence electrons. The van der Waals surface area contributed by atoms with Crippen molar-refractivity contribution >= 4 is 5.91 Å². The molecule has 0 atom stereocenters. The van der Waals surface area contributed by atoms with E-state index in [-0.39, 0.29) is 22.7 Å². The number of nitrogens with zero attached hydrogens (tertiary/aromatic N) is 1. The monoisotopic (exact) mass is 326 g/mol. The number of rotatable bonds is 6. The Kier molecular flexibility index (Phi) is 4.39. The molecular formula is C20H23FN2O. The molecule has 1 aromatic heterocycles. The molecule has 2 aromatic rings. The van der Waals surface area contributed by atoms with E-state index in [4.69, 9.17) is 0 Å². The number of benzene rings is 1. The molecule has 0 radical (unpaired) electrons. The molecule has 0 aliphatic heterocycles. The minimum Gasteiger partial charge on any atom is -0.350 e. The Morgan fingerprint density at radius 2 is 1.92 bits per heavy atom. The summed E-state index contributed by atoms with van der Waals surface area (Å²) in [5.74, 6) is -0.188. The van der Waals surface area contributed by atoms with Crippen LogP contribution in [0.15, 0.2) is 48.7 Å². The number of hydrogen-bond acceptors (Lipinski definition) is 2. The third-order valence-corrected chi connectivity index (χ3v) is 5.23. The highest BCUT2D eigenvalue weighted by Crippen LogP contribution is 2.51. The maximum Gasteiger partial charge on any atom is 0.220 e. The van der Waals surface area contributed by atoms with Gasteiger partial charge in [-0.3, -0.25) is 9.78 Å². The number of pyridine rings is 1. The molecule has 1 amide bonds. The quantitative estimate of drug-likeness (QED) is 0.878. The SMILES string of the molecule is CC(C)(c1ccc(F)cc1)C1(NC(=O)CCc2ccccn2)CC1. The summed E-state index contributed by atoms with van der Waals surface area (Å²) in [5.41, 5.74) is 1.51. The van der Waals surface area contributed by atoms with E-state index < -0.39 is 0 Å². The number of carbonyl (C=O) groups excluding carboxylic acids is 1. The van der Waals surface area contributed by atoms with Crippen LogP contribution in [-0.4, -0.2) is 16.4 Å². The summed E-state index contributed by atoms with van der Waals surface area (Å²) in [6, 6.07) is 12.3. The minimum atomic E-state index is -0.237. The van der Waals surface area contributed by atoms with E-state index in [0.29, 0.717) is 12.8 Å². The van der Waals surface area contributed by atoms with Crippen molar-refractivity contribution in [1.29, 1.82) is 0 Å². The fraction of sp³-hybridized carbons (Fsp3) is 0.400. The number of nitrogens with one attached hydrogen (secondary N) is 1. The summed E-state index contributed by atoms with van der Waals surface area (Å²) in [6.07, 6.45) is 4.71. The smallest absolute Gasteiger partial charge is 0.220 e. The maximum atomic E-state index is 13.2. The third-order valence-electron chi connectivity index (χ3n) is 5.23. The van der Waals surface area contributed by atoms with E-state index in [2.05, 4.69) is 24.1 Å². The van der Waals surface area contributed by atoms with Crippen molar-refractivity contribution in [2.24, 2.45) is 0 Å². The zero-order chi connectivity index (χ0) is 17.2. The van der Waals surface area contributed by atoms with Gasteiger partial charge in [0.2, 0.25) is 5.91 Å². The van der Waals surface area contributed by atoms with Gasteiger partial charge in [-0.15, -0.1) is 0 Å². The zero-order valence-electron chi connectivity index (χ0n) is 14.2. The molecule has 0 spiro atoms. The second-order valence-electron chi connectivity index (χ2n) is 7.08. The van der Waals surface area contributed by atoms with E-state index in [9.17, 15) is 9.18 Å². The average Bonchev–Trinajstić information content (AvgIpc) is 3.36. The van der Waals surface area contributed by atoms with Crippen LogP contribution in [0, 0.1) is 5.82 Å². The van der Waals surface area contributed by atoms with Crippen LogP contribution in [0.3, 0.4) is 0 Å². The normalized spacial score (nSPS) is 15.8. The lowest BCUT2D eigenvalue weighted by Gasteiger charge is -2.36. The first-order valence-electron chi connectivity index (χ1n) is 8.40. The second-order valence-corrected chi connectivity index (χ2v) is 7.08. The molecular weight excluding hydrogens is 303 g/mol. The van der Waals surface area contributed by atoms with Gasteiger partial charge in [0.25, 0.3) is 0 Å². The van der Waals surface area contributed by atoms with Crippen molar-refractivity contribution in [3.8, 4) is 0 Å². The lowest BCUT2D eigenvalue weighted by atomic mass is 9.75. The fourth-order valence-electron chi connectivity index (χ4n) is 3.29. The predicted octanol–water partition coefficient (Wildman–Crippen LogP) is 3.78. The molecule has 0 unspecified atom stereocenters. The molecule has 1 aliphatic rings. The van der Waals surface area contributed by atoms with E-state index in [1.165, 1.54) is 12.1 Å². The van der Waals surface area contributed by atoms with E-state index in [1.54, 1.807) is 6.20 Å². The average molecular weight is 326 g/mol. The largest absolute Gasteiger partial charge is 0.350 e. The second kappa shape index (κ2) is 6.34. The summed E-state index contributed by atoms with van der Waals surface area (Å²) in [4.78, 5) is 16.7. The van der Waals surface area contributed by atoms with Crippen LogP contribution >= 0.6 is 0 Å². The highest BCUT2D eigenvalue weighted by Gasteiger charge is 2.55. The summed E-state index contributed by atoms with van der Waals surface area (Å²) in [5, 5.41) is 3.23. The fourth-order valence-corrected chi connectivity index (χ4v) is 3.29. The molecule has 0 bridgehead atoms. The van der Waals surface area contributed by atoms with Crippen LogP contribution in [0.1, 0.15) is 44.4 Å². The van der Waals surface area contributed by atoms with Gasteiger partial charge < -0.3 is 5.32 Å². The Bertz CT molecular complexity index is 706. The molecule has 1 aliphatic carbocycles. The van der Waals surface area contributed by atoms with Gasteiger partial charge >= 0.3 is 0 Å².